The van der Waals surface area contributed by atoms with E-state index in [1.165, 1.54) is 0 Å². The molecule has 1 atom stereocenters. The van der Waals surface area contributed by atoms with Gasteiger partial charge in [0.05, 0.1) is 13.2 Å². The van der Waals surface area contributed by atoms with Crippen molar-refractivity contribution in [2.45, 2.75) is 6.04 Å². The van der Waals surface area contributed by atoms with Crippen LogP contribution in [0.4, 0.5) is 11.4 Å². The Morgan fingerprint density at radius 3 is 2.38 bits per heavy atom. The van der Waals surface area contributed by atoms with Crippen molar-refractivity contribution < 1.29 is 29.0 Å². The fourth-order valence-corrected chi connectivity index (χ4v) is 4.03. The summed E-state index contributed by atoms with van der Waals surface area (Å²) in [5.74, 6) is -1.46. The van der Waals surface area contributed by atoms with Crippen LogP contribution in [-0.4, -0.2) is 66.5 Å². The molecule has 1 saturated heterocycles. The molecule has 1 unspecified atom stereocenters. The summed E-state index contributed by atoms with van der Waals surface area (Å²) in [4.78, 5) is 38.9. The highest BCUT2D eigenvalue weighted by Crippen LogP contribution is 2.26. The van der Waals surface area contributed by atoms with E-state index in [1.807, 2.05) is 0 Å². The summed E-state index contributed by atoms with van der Waals surface area (Å²) >= 11 is 0. The number of carbonyl (C=O) groups excluding carboxylic acids is 2. The fraction of sp³-hybridized carbons (Fsp3) is 0.214. The first-order valence-electron chi connectivity index (χ1n) is 12.2. The van der Waals surface area contributed by atoms with Crippen molar-refractivity contribution in [1.82, 2.24) is 4.90 Å². The Labute approximate surface area is 225 Å². The van der Waals surface area contributed by atoms with Crippen LogP contribution < -0.4 is 21.1 Å². The summed E-state index contributed by atoms with van der Waals surface area (Å²) in [7, 11) is 0. The molecule has 0 radical (unpaired) electrons. The predicted molar refractivity (Wildman–Crippen MR) is 145 cm³/mol. The van der Waals surface area contributed by atoms with Crippen LogP contribution in [0.3, 0.4) is 0 Å². The third kappa shape index (κ3) is 7.33. The van der Waals surface area contributed by atoms with E-state index in [0.29, 0.717) is 54.4 Å². The molecule has 2 amide bonds. The van der Waals surface area contributed by atoms with Crippen LogP contribution in [0, 0.1) is 5.41 Å². The highest BCUT2D eigenvalue weighted by atomic mass is 16.5. The number of rotatable bonds is 10. The second-order valence-corrected chi connectivity index (χ2v) is 8.80. The van der Waals surface area contributed by atoms with Crippen LogP contribution >= 0.6 is 0 Å². The van der Waals surface area contributed by atoms with Crippen molar-refractivity contribution in [1.29, 1.82) is 5.41 Å². The minimum atomic E-state index is -1.12. The molecule has 39 heavy (non-hydrogen) atoms. The van der Waals surface area contributed by atoms with Crippen LogP contribution in [0.2, 0.25) is 0 Å². The smallest absolute Gasteiger partial charge is 0.341 e. The van der Waals surface area contributed by atoms with E-state index in [9.17, 15) is 14.4 Å². The molecule has 202 valence electrons. The summed E-state index contributed by atoms with van der Waals surface area (Å²) in [5, 5.41) is 22.7. The molecule has 0 spiro atoms. The largest absolute Gasteiger partial charge is 0.482 e. The number of nitrogens with one attached hydrogen (secondary N) is 3. The Hall–Kier alpha value is -4.90. The molecule has 0 bridgehead atoms. The van der Waals surface area contributed by atoms with Gasteiger partial charge in [-0.15, -0.1) is 0 Å². The maximum Gasteiger partial charge on any atom is 0.341 e. The van der Waals surface area contributed by atoms with Crippen LogP contribution in [0.5, 0.6) is 5.75 Å². The molecule has 11 heteroatoms. The van der Waals surface area contributed by atoms with Gasteiger partial charge in [0.25, 0.3) is 11.8 Å². The predicted octanol–water partition coefficient (Wildman–Crippen LogP) is 2.70. The third-order valence-electron chi connectivity index (χ3n) is 6.00. The molecule has 0 saturated carbocycles. The maximum atomic E-state index is 13.5. The topological polar surface area (TPSA) is 167 Å². The molecule has 6 N–H and O–H groups in total. The number of ether oxygens (including phenoxy) is 2. The van der Waals surface area contributed by atoms with E-state index in [1.54, 1.807) is 77.7 Å². The second kappa shape index (κ2) is 12.6. The van der Waals surface area contributed by atoms with E-state index in [2.05, 4.69) is 10.6 Å². The number of anilines is 2. The third-order valence-corrected chi connectivity index (χ3v) is 6.00. The molecule has 1 heterocycles. The van der Waals surface area contributed by atoms with Gasteiger partial charge in [0.1, 0.15) is 17.6 Å². The number of amidine groups is 1. The molecule has 3 aromatic carbocycles. The van der Waals surface area contributed by atoms with Gasteiger partial charge in [-0.2, -0.15) is 0 Å². The zero-order chi connectivity index (χ0) is 27.8. The lowest BCUT2D eigenvalue weighted by molar-refractivity contribution is -0.139. The number of carboxylic acid groups (broad SMARTS) is 1. The SMILES string of the molecule is N=C(N)c1cccc(NC(C(=O)Nc2ccc(C(=O)N3CCOCC3)cc2)c2cccc(OCC(=O)O)c2)c1. The van der Waals surface area contributed by atoms with Gasteiger partial charge in [-0.05, 0) is 54.1 Å². The average Bonchev–Trinajstić information content (AvgIpc) is 2.95. The summed E-state index contributed by atoms with van der Waals surface area (Å²) in [6.07, 6.45) is 0. The minimum absolute atomic E-state index is 0.0979. The van der Waals surface area contributed by atoms with Gasteiger partial charge in [0.15, 0.2) is 6.61 Å². The molecule has 1 aliphatic heterocycles. The highest BCUT2D eigenvalue weighted by Gasteiger charge is 2.23. The van der Waals surface area contributed by atoms with E-state index in [4.69, 9.17) is 25.7 Å². The second-order valence-electron chi connectivity index (χ2n) is 8.80. The number of carboxylic acids is 1. The van der Waals surface area contributed by atoms with Crippen molar-refractivity contribution in [3.63, 3.8) is 0 Å². The van der Waals surface area contributed by atoms with E-state index in [-0.39, 0.29) is 17.5 Å². The quantitative estimate of drug-likeness (QED) is 0.197. The molecule has 0 aliphatic carbocycles. The van der Waals surface area contributed by atoms with Gasteiger partial charge in [0, 0.05) is 35.6 Å². The van der Waals surface area contributed by atoms with Gasteiger partial charge >= 0.3 is 5.97 Å². The lowest BCUT2D eigenvalue weighted by atomic mass is 10.0. The lowest BCUT2D eigenvalue weighted by Crippen LogP contribution is -2.40. The molecule has 11 nitrogen and oxygen atoms in total. The molecule has 4 rings (SSSR count). The number of hydrogen-bond donors (Lipinski definition) is 5. The number of nitrogens with zero attached hydrogens (tertiary/aromatic N) is 1. The number of aliphatic carboxylic acids is 1. The van der Waals surface area contributed by atoms with Gasteiger partial charge in [-0.1, -0.05) is 24.3 Å². The van der Waals surface area contributed by atoms with Crippen molar-refractivity contribution >= 4 is 35.0 Å². The van der Waals surface area contributed by atoms with Crippen molar-refractivity contribution in [3.05, 3.63) is 89.5 Å². The van der Waals surface area contributed by atoms with Gasteiger partial charge in [-0.3, -0.25) is 15.0 Å². The maximum absolute atomic E-state index is 13.5. The molecule has 0 aromatic heterocycles. The number of morpholine rings is 1. The summed E-state index contributed by atoms with van der Waals surface area (Å²) in [6.45, 7) is 1.55. The van der Waals surface area contributed by atoms with E-state index < -0.39 is 24.5 Å². The zero-order valence-electron chi connectivity index (χ0n) is 21.1. The number of nitrogen functional groups attached to an aromatic ring is 1. The Morgan fingerprint density at radius 2 is 1.69 bits per heavy atom. The molecule has 3 aromatic rings. The Kier molecular flexibility index (Phi) is 8.75. The first-order valence-corrected chi connectivity index (χ1v) is 12.2. The van der Waals surface area contributed by atoms with E-state index >= 15 is 0 Å². The van der Waals surface area contributed by atoms with Crippen LogP contribution in [0.25, 0.3) is 0 Å². The average molecular weight is 532 g/mol. The number of nitrogens with two attached hydrogens (primary N) is 1. The lowest BCUT2D eigenvalue weighted by Gasteiger charge is -2.27. The van der Waals surface area contributed by atoms with Gasteiger partial charge in [0.2, 0.25) is 0 Å². The molecular formula is C28H29N5O6. The number of carbonyl (C=O) groups is 3. The van der Waals surface area contributed by atoms with Crippen molar-refractivity contribution in [2.24, 2.45) is 5.73 Å². The number of amides is 2. The molecular weight excluding hydrogens is 502 g/mol. The standard InChI is InChI=1S/C28H29N5O6/c29-26(30)20-4-1-5-22(15-20)31-25(19-3-2-6-23(16-19)39-17-24(34)35)27(36)32-21-9-7-18(8-10-21)28(37)33-11-13-38-14-12-33/h1-10,15-16,25,31H,11-14,17H2,(H3,29,30)(H,32,36)(H,34,35). The van der Waals surface area contributed by atoms with Crippen molar-refractivity contribution in [2.75, 3.05) is 43.5 Å². The van der Waals surface area contributed by atoms with Crippen LogP contribution in [0.1, 0.15) is 27.5 Å². The first-order chi connectivity index (χ1) is 18.8. The molecule has 1 aliphatic rings. The fourth-order valence-electron chi connectivity index (χ4n) is 4.03. The molecule has 1 fully saturated rings. The van der Waals surface area contributed by atoms with Crippen LogP contribution in [0.15, 0.2) is 72.8 Å². The zero-order valence-corrected chi connectivity index (χ0v) is 21.1. The Morgan fingerprint density at radius 1 is 0.974 bits per heavy atom. The van der Waals surface area contributed by atoms with Gasteiger partial charge < -0.3 is 35.8 Å². The highest BCUT2D eigenvalue weighted by molar-refractivity contribution is 5.99. The monoisotopic (exact) mass is 531 g/mol. The summed E-state index contributed by atoms with van der Waals surface area (Å²) in [5.41, 5.74) is 8.17. The minimum Gasteiger partial charge on any atom is -0.482 e. The van der Waals surface area contributed by atoms with Crippen molar-refractivity contribution in [3.8, 4) is 5.75 Å². The summed E-state index contributed by atoms with van der Waals surface area (Å²) in [6, 6.07) is 19.1. The number of benzene rings is 3. The number of hydrogen-bond acceptors (Lipinski definition) is 7. The normalized spacial score (nSPS) is 13.7. The Balaban J connectivity index is 1.55. The van der Waals surface area contributed by atoms with Gasteiger partial charge in [-0.25, -0.2) is 4.79 Å². The Bertz CT molecular complexity index is 1350. The van der Waals surface area contributed by atoms with E-state index in [0.717, 1.165) is 0 Å². The van der Waals surface area contributed by atoms with Crippen LogP contribution in [-0.2, 0) is 14.3 Å². The summed E-state index contributed by atoms with van der Waals surface area (Å²) < 4.78 is 10.6. The first kappa shape index (κ1) is 27.1.